The van der Waals surface area contributed by atoms with Crippen LogP contribution in [0.25, 0.3) is 0 Å². The molecule has 6 nitrogen and oxygen atoms in total. The second kappa shape index (κ2) is 5.27. The van der Waals surface area contributed by atoms with Crippen LogP contribution in [0.4, 0.5) is 0 Å². The predicted molar refractivity (Wildman–Crippen MR) is 59.7 cm³/mol. The lowest BCUT2D eigenvalue weighted by molar-refractivity contribution is -0.404. The minimum absolute atomic E-state index is 0.189. The standard InChI is InChI=1S/C11H17NO5/c1-3-11(14,8(2)7-12(15)16)9-5-4-6-17-10(9)13/h7,9,14H,3-6H2,1-2H3/b8-7+. The van der Waals surface area contributed by atoms with Crippen LogP contribution in [0.15, 0.2) is 11.8 Å². The van der Waals surface area contributed by atoms with Crippen molar-refractivity contribution in [3.8, 4) is 0 Å². The molecule has 6 heteroatoms. The zero-order valence-corrected chi connectivity index (χ0v) is 10.0. The molecule has 1 saturated heterocycles. The number of ether oxygens (including phenoxy) is 1. The third-order valence-corrected chi connectivity index (χ3v) is 3.26. The van der Waals surface area contributed by atoms with E-state index >= 15 is 0 Å². The number of rotatable bonds is 4. The number of carbonyl (C=O) groups excluding carboxylic acids is 1. The quantitative estimate of drug-likeness (QED) is 0.456. The first-order chi connectivity index (χ1) is 7.91. The van der Waals surface area contributed by atoms with Gasteiger partial charge in [0.15, 0.2) is 0 Å². The number of cyclic esters (lactones) is 1. The summed E-state index contributed by atoms with van der Waals surface area (Å²) in [7, 11) is 0. The summed E-state index contributed by atoms with van der Waals surface area (Å²) >= 11 is 0. The van der Waals surface area contributed by atoms with E-state index < -0.39 is 22.4 Å². The number of hydrogen-bond donors (Lipinski definition) is 1. The van der Waals surface area contributed by atoms with E-state index in [1.165, 1.54) is 6.92 Å². The zero-order valence-electron chi connectivity index (χ0n) is 10.0. The van der Waals surface area contributed by atoms with Crippen molar-refractivity contribution in [3.05, 3.63) is 21.9 Å². The van der Waals surface area contributed by atoms with Gasteiger partial charge in [-0.2, -0.15) is 0 Å². The average Bonchev–Trinajstić information content (AvgIpc) is 2.27. The van der Waals surface area contributed by atoms with E-state index in [2.05, 4.69) is 0 Å². The highest BCUT2D eigenvalue weighted by atomic mass is 16.6. The summed E-state index contributed by atoms with van der Waals surface area (Å²) in [6.07, 6.45) is 2.16. The molecular formula is C11H17NO5. The minimum atomic E-state index is -1.48. The van der Waals surface area contributed by atoms with E-state index in [4.69, 9.17) is 4.74 Å². The highest BCUT2D eigenvalue weighted by Crippen LogP contribution is 2.35. The Labute approximate surface area is 99.4 Å². The van der Waals surface area contributed by atoms with Gasteiger partial charge in [0.25, 0.3) is 0 Å². The highest BCUT2D eigenvalue weighted by molar-refractivity contribution is 5.75. The molecule has 1 aliphatic rings. The Morgan fingerprint density at radius 3 is 2.88 bits per heavy atom. The van der Waals surface area contributed by atoms with Gasteiger partial charge in [0.1, 0.15) is 5.60 Å². The maximum atomic E-state index is 11.6. The van der Waals surface area contributed by atoms with Crippen LogP contribution in [0.3, 0.4) is 0 Å². The van der Waals surface area contributed by atoms with Gasteiger partial charge in [-0.25, -0.2) is 0 Å². The number of nitrogens with zero attached hydrogens (tertiary/aromatic N) is 1. The van der Waals surface area contributed by atoms with Crippen molar-refractivity contribution in [1.82, 2.24) is 0 Å². The number of aliphatic hydroxyl groups is 1. The van der Waals surface area contributed by atoms with Crippen molar-refractivity contribution >= 4 is 5.97 Å². The maximum absolute atomic E-state index is 11.6. The molecule has 1 rings (SSSR count). The molecule has 1 aliphatic heterocycles. The minimum Gasteiger partial charge on any atom is -0.465 e. The van der Waals surface area contributed by atoms with Gasteiger partial charge in [-0.1, -0.05) is 6.92 Å². The molecule has 96 valence electrons. The molecule has 1 fully saturated rings. The number of nitro groups is 1. The first-order valence-electron chi connectivity index (χ1n) is 5.63. The van der Waals surface area contributed by atoms with Crippen molar-refractivity contribution in [2.24, 2.45) is 5.92 Å². The molecule has 2 atom stereocenters. The van der Waals surface area contributed by atoms with Crippen molar-refractivity contribution in [2.45, 2.75) is 38.7 Å². The van der Waals surface area contributed by atoms with Crippen LogP contribution in [0.5, 0.6) is 0 Å². The Morgan fingerprint density at radius 2 is 2.41 bits per heavy atom. The fourth-order valence-electron chi connectivity index (χ4n) is 2.18. The Bertz CT molecular complexity index is 352. The Balaban J connectivity index is 3.01. The monoisotopic (exact) mass is 243 g/mol. The summed E-state index contributed by atoms with van der Waals surface area (Å²) in [6.45, 7) is 3.51. The maximum Gasteiger partial charge on any atom is 0.312 e. The molecule has 0 aromatic carbocycles. The first kappa shape index (κ1) is 13.6. The van der Waals surface area contributed by atoms with Crippen LogP contribution in [0.2, 0.25) is 0 Å². The fraction of sp³-hybridized carbons (Fsp3) is 0.727. The Morgan fingerprint density at radius 1 is 1.76 bits per heavy atom. The first-order valence-corrected chi connectivity index (χ1v) is 5.63. The van der Waals surface area contributed by atoms with Gasteiger partial charge in [-0.05, 0) is 26.2 Å². The third-order valence-electron chi connectivity index (χ3n) is 3.26. The van der Waals surface area contributed by atoms with Crippen LogP contribution in [-0.4, -0.2) is 28.2 Å². The van der Waals surface area contributed by atoms with E-state index in [0.717, 1.165) is 6.20 Å². The predicted octanol–water partition coefficient (Wildman–Crippen LogP) is 1.26. The van der Waals surface area contributed by atoms with E-state index in [1.807, 2.05) is 0 Å². The Kier molecular flexibility index (Phi) is 4.22. The van der Waals surface area contributed by atoms with Gasteiger partial charge in [0, 0.05) is 5.57 Å². The normalized spacial score (nSPS) is 25.0. The SMILES string of the molecule is CCC(O)(/C(C)=C/[N+](=O)[O-])C1CCCOC1=O. The van der Waals surface area contributed by atoms with E-state index in [0.29, 0.717) is 19.4 Å². The van der Waals surface area contributed by atoms with Gasteiger partial charge in [-0.15, -0.1) is 0 Å². The molecular weight excluding hydrogens is 226 g/mol. The van der Waals surface area contributed by atoms with Crippen LogP contribution < -0.4 is 0 Å². The zero-order chi connectivity index (χ0) is 13.1. The topological polar surface area (TPSA) is 89.7 Å². The molecule has 1 heterocycles. The molecule has 2 unspecified atom stereocenters. The van der Waals surface area contributed by atoms with Crippen LogP contribution in [0, 0.1) is 16.0 Å². The summed E-state index contributed by atoms with van der Waals surface area (Å²) in [4.78, 5) is 21.4. The summed E-state index contributed by atoms with van der Waals surface area (Å²) in [5.74, 6) is -1.19. The molecule has 0 spiro atoms. The molecule has 0 radical (unpaired) electrons. The van der Waals surface area contributed by atoms with Crippen molar-refractivity contribution in [1.29, 1.82) is 0 Å². The fourth-order valence-corrected chi connectivity index (χ4v) is 2.18. The molecule has 17 heavy (non-hydrogen) atoms. The van der Waals surface area contributed by atoms with Crippen molar-refractivity contribution < 1.29 is 19.6 Å². The molecule has 0 bridgehead atoms. The second-order valence-corrected chi connectivity index (χ2v) is 4.24. The molecule has 0 saturated carbocycles. The van der Waals surface area contributed by atoms with Crippen LogP contribution in [-0.2, 0) is 9.53 Å². The highest BCUT2D eigenvalue weighted by Gasteiger charge is 2.44. The number of hydrogen-bond acceptors (Lipinski definition) is 5. The molecule has 0 aromatic rings. The van der Waals surface area contributed by atoms with Gasteiger partial charge in [0.2, 0.25) is 6.20 Å². The van der Waals surface area contributed by atoms with Crippen molar-refractivity contribution in [3.63, 3.8) is 0 Å². The molecule has 0 aliphatic carbocycles. The van der Waals surface area contributed by atoms with E-state index in [9.17, 15) is 20.0 Å². The third kappa shape index (κ3) is 2.82. The van der Waals surface area contributed by atoms with E-state index in [1.54, 1.807) is 6.92 Å². The van der Waals surface area contributed by atoms with Crippen LogP contribution in [0.1, 0.15) is 33.1 Å². The lowest BCUT2D eigenvalue weighted by Crippen LogP contribution is -2.46. The van der Waals surface area contributed by atoms with Gasteiger partial charge < -0.3 is 9.84 Å². The summed E-state index contributed by atoms with van der Waals surface area (Å²) in [5.41, 5.74) is -1.29. The van der Waals surface area contributed by atoms with Crippen LogP contribution >= 0.6 is 0 Å². The average molecular weight is 243 g/mol. The smallest absolute Gasteiger partial charge is 0.312 e. The number of esters is 1. The second-order valence-electron chi connectivity index (χ2n) is 4.24. The summed E-state index contributed by atoms with van der Waals surface area (Å²) < 4.78 is 4.90. The summed E-state index contributed by atoms with van der Waals surface area (Å²) in [6, 6.07) is 0. The molecule has 1 N–H and O–H groups in total. The number of carbonyl (C=O) groups is 1. The van der Waals surface area contributed by atoms with Gasteiger partial charge >= 0.3 is 5.97 Å². The lowest BCUT2D eigenvalue weighted by Gasteiger charge is -2.35. The summed E-state index contributed by atoms with van der Waals surface area (Å²) in [5, 5.41) is 20.9. The molecule has 0 aromatic heterocycles. The largest absolute Gasteiger partial charge is 0.465 e. The van der Waals surface area contributed by atoms with E-state index in [-0.39, 0.29) is 12.0 Å². The van der Waals surface area contributed by atoms with Gasteiger partial charge in [-0.3, -0.25) is 14.9 Å². The lowest BCUT2D eigenvalue weighted by atomic mass is 9.76. The van der Waals surface area contributed by atoms with Gasteiger partial charge in [0.05, 0.1) is 17.4 Å². The Hall–Kier alpha value is -1.43. The molecule has 0 amide bonds. The van der Waals surface area contributed by atoms with Crippen molar-refractivity contribution in [2.75, 3.05) is 6.61 Å².